The summed E-state index contributed by atoms with van der Waals surface area (Å²) in [5, 5.41) is -0.0849. The summed E-state index contributed by atoms with van der Waals surface area (Å²) in [6, 6.07) is 7.43. The van der Waals surface area contributed by atoms with E-state index in [1.54, 1.807) is 34.1 Å². The van der Waals surface area contributed by atoms with Crippen LogP contribution in [0, 0.1) is 0 Å². The summed E-state index contributed by atoms with van der Waals surface area (Å²) in [6.45, 7) is 2.74. The molecule has 0 radical (unpaired) electrons. The van der Waals surface area contributed by atoms with Crippen LogP contribution in [0.15, 0.2) is 36.5 Å². The number of Topliss-reactive ketones (excluding diaryl/α,β-unsaturated/α-hetero) is 1. The Kier molecular flexibility index (Phi) is 6.50. The van der Waals surface area contributed by atoms with Crippen LogP contribution in [-0.4, -0.2) is 54.4 Å². The number of amides is 1. The first-order valence-corrected chi connectivity index (χ1v) is 9.52. The second-order valence-electron chi connectivity index (χ2n) is 6.77. The molecule has 0 bridgehead atoms. The second-order valence-corrected chi connectivity index (χ2v) is 7.17. The smallest absolute Gasteiger partial charge is 0.417 e. The van der Waals surface area contributed by atoms with E-state index in [1.165, 1.54) is 6.92 Å². The van der Waals surface area contributed by atoms with Gasteiger partial charge < -0.3 is 14.5 Å². The average Bonchev–Trinajstić information content (AvgIpc) is 2.71. The van der Waals surface area contributed by atoms with Crippen molar-refractivity contribution in [3.63, 3.8) is 0 Å². The highest BCUT2D eigenvalue weighted by Crippen LogP contribution is 2.33. The van der Waals surface area contributed by atoms with Gasteiger partial charge in [-0.3, -0.25) is 9.59 Å². The second kappa shape index (κ2) is 8.91. The quantitative estimate of drug-likeness (QED) is 0.662. The van der Waals surface area contributed by atoms with Crippen molar-refractivity contribution in [2.75, 3.05) is 37.7 Å². The number of hydrogen-bond acceptors (Lipinski definition) is 5. The molecule has 30 heavy (non-hydrogen) atoms. The lowest BCUT2D eigenvalue weighted by Crippen LogP contribution is -2.50. The summed E-state index contributed by atoms with van der Waals surface area (Å²) in [6.07, 6.45) is -3.76. The number of carbonyl (C=O) groups is 2. The van der Waals surface area contributed by atoms with Gasteiger partial charge >= 0.3 is 6.18 Å². The van der Waals surface area contributed by atoms with E-state index < -0.39 is 11.7 Å². The first-order chi connectivity index (χ1) is 14.1. The molecule has 1 saturated heterocycles. The minimum Gasteiger partial charge on any atom is -0.484 e. The number of halogens is 4. The molecule has 0 saturated carbocycles. The average molecular weight is 442 g/mol. The predicted molar refractivity (Wildman–Crippen MR) is 105 cm³/mol. The molecule has 0 N–H and O–H groups in total. The van der Waals surface area contributed by atoms with Crippen LogP contribution in [0.5, 0.6) is 5.75 Å². The van der Waals surface area contributed by atoms with Crippen LogP contribution in [-0.2, 0) is 11.0 Å². The number of alkyl halides is 3. The van der Waals surface area contributed by atoms with E-state index in [2.05, 4.69) is 4.98 Å². The van der Waals surface area contributed by atoms with Crippen molar-refractivity contribution >= 4 is 29.1 Å². The van der Waals surface area contributed by atoms with Crippen molar-refractivity contribution in [2.45, 2.75) is 13.1 Å². The molecule has 0 aliphatic carbocycles. The van der Waals surface area contributed by atoms with Crippen molar-refractivity contribution < 1.29 is 27.5 Å². The number of nitrogens with zero attached hydrogens (tertiary/aromatic N) is 3. The summed E-state index contributed by atoms with van der Waals surface area (Å²) in [5.74, 6) is 0.359. The normalized spacial score (nSPS) is 14.6. The number of hydrogen-bond donors (Lipinski definition) is 0. The molecule has 3 rings (SSSR count). The van der Waals surface area contributed by atoms with E-state index in [0.29, 0.717) is 37.5 Å². The number of piperazine rings is 1. The van der Waals surface area contributed by atoms with Gasteiger partial charge in [0.1, 0.15) is 11.6 Å². The van der Waals surface area contributed by atoms with Gasteiger partial charge in [-0.05, 0) is 25.1 Å². The number of pyridine rings is 1. The topological polar surface area (TPSA) is 62.7 Å². The number of rotatable bonds is 5. The lowest BCUT2D eigenvalue weighted by atomic mass is 10.1. The fraction of sp³-hybridized carbons (Fsp3) is 0.350. The van der Waals surface area contributed by atoms with E-state index in [4.69, 9.17) is 16.3 Å². The Hall–Kier alpha value is -2.81. The Bertz CT molecular complexity index is 944. The molecular weight excluding hydrogens is 423 g/mol. The Labute approximate surface area is 176 Å². The minimum absolute atomic E-state index is 0.0849. The molecular formula is C20H19ClF3N3O3. The monoisotopic (exact) mass is 441 g/mol. The van der Waals surface area contributed by atoms with Crippen LogP contribution < -0.4 is 9.64 Å². The standard InChI is InChI=1S/C20H19ClF3N3O3/c1-13(28)14-3-2-4-16(9-14)30-12-18(29)26-5-7-27(8-6-26)19-17(21)10-15(11-25-19)20(22,23)24/h2-4,9-11H,5-8,12H2,1H3. The van der Waals surface area contributed by atoms with Gasteiger partial charge in [-0.25, -0.2) is 4.98 Å². The highest BCUT2D eigenvalue weighted by atomic mass is 35.5. The number of carbonyl (C=O) groups excluding carboxylic acids is 2. The van der Waals surface area contributed by atoms with E-state index in [9.17, 15) is 22.8 Å². The summed E-state index contributed by atoms with van der Waals surface area (Å²) < 4.78 is 43.8. The van der Waals surface area contributed by atoms with Gasteiger partial charge in [0.2, 0.25) is 0 Å². The van der Waals surface area contributed by atoms with Crippen LogP contribution in [0.4, 0.5) is 19.0 Å². The van der Waals surface area contributed by atoms with Crippen LogP contribution in [0.25, 0.3) is 0 Å². The fourth-order valence-electron chi connectivity index (χ4n) is 3.03. The van der Waals surface area contributed by atoms with Crippen molar-refractivity contribution in [3.05, 3.63) is 52.7 Å². The zero-order chi connectivity index (χ0) is 21.9. The van der Waals surface area contributed by atoms with Crippen molar-refractivity contribution in [1.29, 1.82) is 0 Å². The van der Waals surface area contributed by atoms with E-state index in [-0.39, 0.29) is 29.1 Å². The first-order valence-electron chi connectivity index (χ1n) is 9.14. The molecule has 1 aromatic carbocycles. The number of ketones is 1. The predicted octanol–water partition coefficient (Wildman–Crippen LogP) is 3.68. The van der Waals surface area contributed by atoms with Gasteiger partial charge in [0, 0.05) is 37.9 Å². The SMILES string of the molecule is CC(=O)c1cccc(OCC(=O)N2CCN(c3ncc(C(F)(F)F)cc3Cl)CC2)c1. The van der Waals surface area contributed by atoms with Crippen LogP contribution in [0.1, 0.15) is 22.8 Å². The Morgan fingerprint density at radius 3 is 2.47 bits per heavy atom. The molecule has 6 nitrogen and oxygen atoms in total. The Balaban J connectivity index is 1.54. The Morgan fingerprint density at radius 2 is 1.87 bits per heavy atom. The summed E-state index contributed by atoms with van der Waals surface area (Å²) in [7, 11) is 0. The van der Waals surface area contributed by atoms with Crippen molar-refractivity contribution in [1.82, 2.24) is 9.88 Å². The molecule has 10 heteroatoms. The number of anilines is 1. The van der Waals surface area contributed by atoms with E-state index in [1.807, 2.05) is 0 Å². The first kappa shape index (κ1) is 21.9. The third-order valence-electron chi connectivity index (χ3n) is 4.68. The van der Waals surface area contributed by atoms with Crippen molar-refractivity contribution in [3.8, 4) is 5.75 Å². The van der Waals surface area contributed by atoms with Gasteiger partial charge in [-0.2, -0.15) is 13.2 Å². The molecule has 1 aliphatic heterocycles. The third kappa shape index (κ3) is 5.21. The van der Waals surface area contributed by atoms with Crippen LogP contribution >= 0.6 is 11.6 Å². The van der Waals surface area contributed by atoms with E-state index in [0.717, 1.165) is 12.3 Å². The third-order valence-corrected chi connectivity index (χ3v) is 4.96. The lowest BCUT2D eigenvalue weighted by molar-refractivity contribution is -0.138. The number of ether oxygens (including phenoxy) is 1. The maximum atomic E-state index is 12.8. The van der Waals surface area contributed by atoms with Gasteiger partial charge in [0.15, 0.2) is 12.4 Å². The lowest BCUT2D eigenvalue weighted by Gasteiger charge is -2.35. The maximum absolute atomic E-state index is 12.8. The molecule has 1 aromatic heterocycles. The molecule has 1 aliphatic rings. The van der Waals surface area contributed by atoms with Crippen LogP contribution in [0.3, 0.4) is 0 Å². The molecule has 0 spiro atoms. The van der Waals surface area contributed by atoms with Gasteiger partial charge in [-0.15, -0.1) is 0 Å². The summed E-state index contributed by atoms with van der Waals surface area (Å²) in [4.78, 5) is 31.0. The van der Waals surface area contributed by atoms with Crippen molar-refractivity contribution in [2.24, 2.45) is 0 Å². The fourth-order valence-corrected chi connectivity index (χ4v) is 3.31. The largest absolute Gasteiger partial charge is 0.484 e. The zero-order valence-corrected chi connectivity index (χ0v) is 16.8. The molecule has 2 heterocycles. The maximum Gasteiger partial charge on any atom is 0.417 e. The molecule has 0 atom stereocenters. The minimum atomic E-state index is -4.51. The highest BCUT2D eigenvalue weighted by molar-refractivity contribution is 6.33. The molecule has 2 aromatic rings. The molecule has 1 amide bonds. The van der Waals surface area contributed by atoms with E-state index >= 15 is 0 Å². The van der Waals surface area contributed by atoms with Crippen LogP contribution in [0.2, 0.25) is 5.02 Å². The van der Waals surface area contributed by atoms with Gasteiger partial charge in [-0.1, -0.05) is 23.7 Å². The Morgan fingerprint density at radius 1 is 1.17 bits per heavy atom. The van der Waals surface area contributed by atoms with Gasteiger partial charge in [0.25, 0.3) is 5.91 Å². The summed E-state index contributed by atoms with van der Waals surface area (Å²) >= 11 is 5.99. The zero-order valence-electron chi connectivity index (χ0n) is 16.1. The summed E-state index contributed by atoms with van der Waals surface area (Å²) in [5.41, 5.74) is -0.412. The molecule has 160 valence electrons. The highest BCUT2D eigenvalue weighted by Gasteiger charge is 2.32. The van der Waals surface area contributed by atoms with Gasteiger partial charge in [0.05, 0.1) is 10.6 Å². The molecule has 0 unspecified atom stereocenters. The number of aromatic nitrogens is 1. The number of benzene rings is 1. The molecule has 1 fully saturated rings.